The summed E-state index contributed by atoms with van der Waals surface area (Å²) in [6, 6.07) is 15.9. The zero-order valence-corrected chi connectivity index (χ0v) is 10.5. The minimum atomic E-state index is -0.138. The number of aromatic nitrogens is 2. The van der Waals surface area contributed by atoms with Crippen molar-refractivity contribution in [2.24, 2.45) is 5.73 Å². The van der Waals surface area contributed by atoms with Crippen LogP contribution in [0.25, 0.3) is 10.8 Å². The van der Waals surface area contributed by atoms with Crippen LogP contribution in [0.2, 0.25) is 0 Å². The second-order valence-corrected chi connectivity index (χ2v) is 4.55. The van der Waals surface area contributed by atoms with E-state index in [9.17, 15) is 0 Å². The van der Waals surface area contributed by atoms with Gasteiger partial charge in [-0.25, -0.2) is 0 Å². The Morgan fingerprint density at radius 3 is 2.58 bits per heavy atom. The largest absolute Gasteiger partial charge is 0.322 e. The molecule has 1 unspecified atom stereocenters. The number of hydrogen-bond donors (Lipinski definition) is 1. The average molecular weight is 249 g/mol. The lowest BCUT2D eigenvalue weighted by molar-refractivity contribution is 0.690. The summed E-state index contributed by atoms with van der Waals surface area (Å²) in [5, 5.41) is 2.29. The molecule has 3 aromatic rings. The highest BCUT2D eigenvalue weighted by atomic mass is 14.8. The molecule has 0 bridgehead atoms. The van der Waals surface area contributed by atoms with Crippen LogP contribution < -0.4 is 5.73 Å². The van der Waals surface area contributed by atoms with E-state index in [2.05, 4.69) is 22.1 Å². The summed E-state index contributed by atoms with van der Waals surface area (Å²) in [5.74, 6) is 0. The maximum absolute atomic E-state index is 6.29. The first kappa shape index (κ1) is 11.8. The Bertz CT molecular complexity index is 674. The summed E-state index contributed by atoms with van der Waals surface area (Å²) in [6.07, 6.45) is 4.30. The quantitative estimate of drug-likeness (QED) is 0.776. The third-order valence-corrected chi connectivity index (χ3v) is 3.21. The van der Waals surface area contributed by atoms with Gasteiger partial charge in [0.25, 0.3) is 0 Å². The van der Waals surface area contributed by atoms with Gasteiger partial charge < -0.3 is 5.73 Å². The molecule has 0 spiro atoms. The van der Waals surface area contributed by atoms with E-state index >= 15 is 0 Å². The number of nitrogens with zero attached hydrogens (tertiary/aromatic N) is 2. The summed E-state index contributed by atoms with van der Waals surface area (Å²) in [4.78, 5) is 8.77. The van der Waals surface area contributed by atoms with Crippen LogP contribution in [0.15, 0.2) is 60.9 Å². The number of nitrogens with two attached hydrogens (primary N) is 1. The molecule has 0 radical (unpaired) electrons. The third kappa shape index (κ3) is 2.46. The van der Waals surface area contributed by atoms with Gasteiger partial charge in [-0.15, -0.1) is 0 Å². The van der Waals surface area contributed by atoms with Crippen molar-refractivity contribution in [2.45, 2.75) is 12.5 Å². The molecule has 3 heteroatoms. The van der Waals surface area contributed by atoms with Crippen LogP contribution in [0.3, 0.4) is 0 Å². The molecule has 0 fully saturated rings. The molecule has 0 amide bonds. The number of hydrogen-bond acceptors (Lipinski definition) is 3. The molecule has 19 heavy (non-hydrogen) atoms. The molecule has 0 aliphatic rings. The van der Waals surface area contributed by atoms with Crippen molar-refractivity contribution in [1.82, 2.24) is 9.97 Å². The van der Waals surface area contributed by atoms with E-state index in [4.69, 9.17) is 5.73 Å². The van der Waals surface area contributed by atoms with Crippen LogP contribution in [0.5, 0.6) is 0 Å². The highest BCUT2D eigenvalue weighted by molar-refractivity contribution is 5.84. The maximum atomic E-state index is 6.29. The fourth-order valence-corrected chi connectivity index (χ4v) is 2.28. The molecule has 0 saturated heterocycles. The zero-order valence-electron chi connectivity index (χ0n) is 10.5. The van der Waals surface area contributed by atoms with Gasteiger partial charge in [0.1, 0.15) is 0 Å². The molecule has 0 aliphatic carbocycles. The van der Waals surface area contributed by atoms with Crippen molar-refractivity contribution in [1.29, 1.82) is 0 Å². The van der Waals surface area contributed by atoms with Crippen LogP contribution in [0.1, 0.15) is 17.4 Å². The van der Waals surface area contributed by atoms with E-state index in [1.54, 1.807) is 6.20 Å². The zero-order chi connectivity index (χ0) is 13.1. The van der Waals surface area contributed by atoms with Crippen LogP contribution in [0.4, 0.5) is 0 Å². The molecule has 1 atom stereocenters. The smallest absolute Gasteiger partial charge is 0.0653 e. The van der Waals surface area contributed by atoms with E-state index in [1.165, 1.54) is 5.39 Å². The van der Waals surface area contributed by atoms with Crippen LogP contribution in [0, 0.1) is 0 Å². The Labute approximate surface area is 112 Å². The Hall–Kier alpha value is -2.26. The number of benzene rings is 1. The Balaban J connectivity index is 1.96. The van der Waals surface area contributed by atoms with Crippen molar-refractivity contribution >= 4 is 10.8 Å². The van der Waals surface area contributed by atoms with Gasteiger partial charge in [-0.2, -0.15) is 0 Å². The van der Waals surface area contributed by atoms with E-state index in [1.807, 2.05) is 42.6 Å². The van der Waals surface area contributed by atoms with Crippen molar-refractivity contribution in [2.75, 3.05) is 0 Å². The Kier molecular flexibility index (Phi) is 3.21. The highest BCUT2D eigenvalue weighted by Gasteiger charge is 2.12. The third-order valence-electron chi connectivity index (χ3n) is 3.21. The summed E-state index contributed by atoms with van der Waals surface area (Å²) in [5.41, 5.74) is 8.22. The topological polar surface area (TPSA) is 51.8 Å². The number of pyridine rings is 2. The fraction of sp³-hybridized carbons (Fsp3) is 0.125. The molecule has 2 N–H and O–H groups in total. The molecular weight excluding hydrogens is 234 g/mol. The molecule has 2 heterocycles. The SMILES string of the molecule is NC(Cc1ccccn1)c1nccc2ccccc12. The van der Waals surface area contributed by atoms with Gasteiger partial charge >= 0.3 is 0 Å². The lowest BCUT2D eigenvalue weighted by Gasteiger charge is -2.13. The molecule has 3 nitrogen and oxygen atoms in total. The molecule has 1 aromatic carbocycles. The molecule has 3 rings (SSSR count). The minimum Gasteiger partial charge on any atom is -0.322 e. The second-order valence-electron chi connectivity index (χ2n) is 4.55. The van der Waals surface area contributed by atoms with Gasteiger partial charge in [-0.3, -0.25) is 9.97 Å². The van der Waals surface area contributed by atoms with Gasteiger partial charge in [0.15, 0.2) is 0 Å². The lowest BCUT2D eigenvalue weighted by Crippen LogP contribution is -2.16. The second kappa shape index (κ2) is 5.16. The lowest BCUT2D eigenvalue weighted by atomic mass is 10.0. The fourth-order valence-electron chi connectivity index (χ4n) is 2.28. The molecule has 2 aromatic heterocycles. The monoisotopic (exact) mass is 249 g/mol. The van der Waals surface area contributed by atoms with Crippen molar-refractivity contribution < 1.29 is 0 Å². The van der Waals surface area contributed by atoms with E-state index in [0.717, 1.165) is 16.8 Å². The normalized spacial score (nSPS) is 12.5. The van der Waals surface area contributed by atoms with Crippen LogP contribution in [-0.4, -0.2) is 9.97 Å². The molecular formula is C16H15N3. The maximum Gasteiger partial charge on any atom is 0.0653 e. The summed E-state index contributed by atoms with van der Waals surface area (Å²) in [7, 11) is 0. The summed E-state index contributed by atoms with van der Waals surface area (Å²) >= 11 is 0. The summed E-state index contributed by atoms with van der Waals surface area (Å²) < 4.78 is 0. The van der Waals surface area contributed by atoms with Gasteiger partial charge in [0.05, 0.1) is 11.7 Å². The highest BCUT2D eigenvalue weighted by Crippen LogP contribution is 2.22. The van der Waals surface area contributed by atoms with Crippen molar-refractivity contribution in [3.05, 3.63) is 72.3 Å². The molecule has 94 valence electrons. The number of rotatable bonds is 3. The van der Waals surface area contributed by atoms with Gasteiger partial charge in [-0.05, 0) is 23.6 Å². The Morgan fingerprint density at radius 2 is 1.74 bits per heavy atom. The van der Waals surface area contributed by atoms with E-state index in [0.29, 0.717) is 6.42 Å². The van der Waals surface area contributed by atoms with Crippen molar-refractivity contribution in [3.8, 4) is 0 Å². The van der Waals surface area contributed by atoms with Crippen molar-refractivity contribution in [3.63, 3.8) is 0 Å². The number of fused-ring (bicyclic) bond motifs is 1. The molecule has 0 saturated carbocycles. The first-order valence-electron chi connectivity index (χ1n) is 6.34. The van der Waals surface area contributed by atoms with Gasteiger partial charge in [-0.1, -0.05) is 30.3 Å². The standard InChI is InChI=1S/C16H15N3/c17-15(11-13-6-3-4-9-18-13)16-14-7-2-1-5-12(14)8-10-19-16/h1-10,15H,11,17H2. The van der Waals surface area contributed by atoms with Crippen LogP contribution >= 0.6 is 0 Å². The molecule has 0 aliphatic heterocycles. The first-order chi connectivity index (χ1) is 9.34. The van der Waals surface area contributed by atoms with E-state index in [-0.39, 0.29) is 6.04 Å². The van der Waals surface area contributed by atoms with Crippen LogP contribution in [-0.2, 0) is 6.42 Å². The van der Waals surface area contributed by atoms with Gasteiger partial charge in [0, 0.05) is 29.9 Å². The van der Waals surface area contributed by atoms with Gasteiger partial charge in [0.2, 0.25) is 0 Å². The summed E-state index contributed by atoms with van der Waals surface area (Å²) in [6.45, 7) is 0. The minimum absolute atomic E-state index is 0.138. The predicted octanol–water partition coefficient (Wildman–Crippen LogP) is 2.87. The first-order valence-corrected chi connectivity index (χ1v) is 6.34. The average Bonchev–Trinajstić information content (AvgIpc) is 2.47. The van der Waals surface area contributed by atoms with E-state index < -0.39 is 0 Å². The Morgan fingerprint density at radius 1 is 0.895 bits per heavy atom. The predicted molar refractivity (Wildman–Crippen MR) is 76.6 cm³/mol.